The van der Waals surface area contributed by atoms with Crippen LogP contribution in [0.5, 0.6) is 0 Å². The van der Waals surface area contributed by atoms with Gasteiger partial charge in [0.2, 0.25) is 0 Å². The largest absolute Gasteiger partial charge is 0.394 e. The van der Waals surface area contributed by atoms with E-state index < -0.39 is 0 Å². The van der Waals surface area contributed by atoms with E-state index in [0.29, 0.717) is 12.1 Å². The molecular weight excluding hydrogens is 248 g/mol. The van der Waals surface area contributed by atoms with Crippen LogP contribution in [-0.2, 0) is 0 Å². The Kier molecular flexibility index (Phi) is 5.86. The lowest BCUT2D eigenvalue weighted by atomic mass is 10.0. The van der Waals surface area contributed by atoms with Crippen LogP contribution in [0.4, 0.5) is 5.69 Å². The maximum Gasteiger partial charge on any atom is 0.0635 e. The van der Waals surface area contributed by atoms with Crippen LogP contribution in [0.15, 0.2) is 24.3 Å². The zero-order chi connectivity index (χ0) is 14.4. The van der Waals surface area contributed by atoms with Gasteiger partial charge in [-0.15, -0.1) is 0 Å². The minimum absolute atomic E-state index is 0.261. The molecule has 20 heavy (non-hydrogen) atoms. The molecule has 1 aliphatic heterocycles. The van der Waals surface area contributed by atoms with Gasteiger partial charge in [-0.3, -0.25) is 0 Å². The number of anilines is 1. The van der Waals surface area contributed by atoms with Gasteiger partial charge in [-0.05, 0) is 49.9 Å². The molecule has 0 aliphatic carbocycles. The Morgan fingerprint density at radius 1 is 1.30 bits per heavy atom. The van der Waals surface area contributed by atoms with Gasteiger partial charge in [-0.1, -0.05) is 26.0 Å². The molecule has 1 aliphatic rings. The average molecular weight is 276 g/mol. The van der Waals surface area contributed by atoms with Crippen molar-refractivity contribution < 1.29 is 5.11 Å². The predicted octanol–water partition coefficient (Wildman–Crippen LogP) is 3.10. The molecule has 0 radical (unpaired) electrons. The quantitative estimate of drug-likeness (QED) is 0.803. The third-order valence-corrected chi connectivity index (χ3v) is 4.26. The molecule has 112 valence electrons. The first-order chi connectivity index (χ1) is 9.80. The first-order valence-electron chi connectivity index (χ1n) is 8.01. The second-order valence-corrected chi connectivity index (χ2v) is 5.68. The van der Waals surface area contributed by atoms with Crippen LogP contribution < -0.4 is 10.2 Å². The number of hydrogen-bond acceptors (Lipinski definition) is 3. The second-order valence-electron chi connectivity index (χ2n) is 5.68. The highest BCUT2D eigenvalue weighted by Gasteiger charge is 2.23. The Bertz CT molecular complexity index is 390. The third-order valence-electron chi connectivity index (χ3n) is 4.26. The van der Waals surface area contributed by atoms with E-state index in [1.165, 1.54) is 24.1 Å². The zero-order valence-corrected chi connectivity index (χ0v) is 12.8. The molecule has 1 heterocycles. The summed E-state index contributed by atoms with van der Waals surface area (Å²) in [6.07, 6.45) is 4.57. The SMILES string of the molecule is CCCNC(CC)c1ccc(N2CCCC2CO)cc1. The normalized spacial score (nSPS) is 20.4. The van der Waals surface area contributed by atoms with E-state index >= 15 is 0 Å². The van der Waals surface area contributed by atoms with E-state index in [-0.39, 0.29) is 6.61 Å². The first kappa shape index (κ1) is 15.3. The van der Waals surface area contributed by atoms with Crippen molar-refractivity contribution in [3.63, 3.8) is 0 Å². The molecule has 3 nitrogen and oxygen atoms in total. The van der Waals surface area contributed by atoms with Crippen LogP contribution in [0.25, 0.3) is 0 Å². The van der Waals surface area contributed by atoms with Crippen molar-refractivity contribution in [3.8, 4) is 0 Å². The molecule has 2 N–H and O–H groups in total. The molecule has 1 fully saturated rings. The Hall–Kier alpha value is -1.06. The molecule has 2 atom stereocenters. The molecule has 0 saturated carbocycles. The number of rotatable bonds is 7. The topological polar surface area (TPSA) is 35.5 Å². The lowest BCUT2D eigenvalue weighted by Crippen LogP contribution is -2.32. The molecule has 0 amide bonds. The summed E-state index contributed by atoms with van der Waals surface area (Å²) >= 11 is 0. The van der Waals surface area contributed by atoms with E-state index in [0.717, 1.165) is 25.9 Å². The van der Waals surface area contributed by atoms with Crippen molar-refractivity contribution in [3.05, 3.63) is 29.8 Å². The molecule has 1 aromatic rings. The highest BCUT2D eigenvalue weighted by molar-refractivity contribution is 5.50. The maximum absolute atomic E-state index is 9.42. The minimum Gasteiger partial charge on any atom is -0.394 e. The van der Waals surface area contributed by atoms with Crippen LogP contribution in [0.3, 0.4) is 0 Å². The van der Waals surface area contributed by atoms with Crippen molar-refractivity contribution >= 4 is 5.69 Å². The first-order valence-corrected chi connectivity index (χ1v) is 8.01. The van der Waals surface area contributed by atoms with Crippen LogP contribution in [0, 0.1) is 0 Å². The summed E-state index contributed by atoms with van der Waals surface area (Å²) < 4.78 is 0. The third kappa shape index (κ3) is 3.53. The second kappa shape index (κ2) is 7.65. The summed E-state index contributed by atoms with van der Waals surface area (Å²) in [6, 6.07) is 9.65. The maximum atomic E-state index is 9.42. The van der Waals surface area contributed by atoms with Crippen LogP contribution in [-0.4, -0.2) is 30.8 Å². The van der Waals surface area contributed by atoms with E-state index in [1.807, 2.05) is 0 Å². The average Bonchev–Trinajstić information content (AvgIpc) is 2.97. The Morgan fingerprint density at radius 3 is 2.65 bits per heavy atom. The summed E-state index contributed by atoms with van der Waals surface area (Å²) in [5.74, 6) is 0. The van der Waals surface area contributed by atoms with Crippen molar-refractivity contribution in [1.29, 1.82) is 0 Å². The van der Waals surface area contributed by atoms with Gasteiger partial charge in [-0.25, -0.2) is 0 Å². The number of aliphatic hydroxyl groups is 1. The van der Waals surface area contributed by atoms with Gasteiger partial charge in [0.1, 0.15) is 0 Å². The number of hydrogen-bond donors (Lipinski definition) is 2. The highest BCUT2D eigenvalue weighted by atomic mass is 16.3. The number of nitrogens with zero attached hydrogens (tertiary/aromatic N) is 1. The van der Waals surface area contributed by atoms with Gasteiger partial charge in [-0.2, -0.15) is 0 Å². The van der Waals surface area contributed by atoms with Crippen LogP contribution in [0.1, 0.15) is 51.1 Å². The summed E-state index contributed by atoms with van der Waals surface area (Å²) in [5.41, 5.74) is 2.61. The van der Waals surface area contributed by atoms with E-state index in [4.69, 9.17) is 0 Å². The van der Waals surface area contributed by atoms with Gasteiger partial charge in [0.05, 0.1) is 12.6 Å². The molecule has 1 saturated heterocycles. The molecular formula is C17H28N2O. The fourth-order valence-electron chi connectivity index (χ4n) is 3.08. The Balaban J connectivity index is 2.05. The van der Waals surface area contributed by atoms with Crippen LogP contribution in [0.2, 0.25) is 0 Å². The molecule has 1 aromatic carbocycles. The summed E-state index contributed by atoms with van der Waals surface area (Å²) in [6.45, 7) is 6.82. The number of aliphatic hydroxyl groups excluding tert-OH is 1. The summed E-state index contributed by atoms with van der Waals surface area (Å²) in [5, 5.41) is 13.0. The molecule has 0 spiro atoms. The van der Waals surface area contributed by atoms with Gasteiger partial charge in [0, 0.05) is 18.3 Å². The lowest BCUT2D eigenvalue weighted by molar-refractivity contribution is 0.266. The zero-order valence-electron chi connectivity index (χ0n) is 12.8. The Morgan fingerprint density at radius 2 is 2.05 bits per heavy atom. The van der Waals surface area contributed by atoms with Crippen molar-refractivity contribution in [2.24, 2.45) is 0 Å². The standard InChI is InChI=1S/C17H28N2O/c1-3-11-18-17(4-2)14-7-9-15(10-8-14)19-12-5-6-16(19)13-20/h7-10,16-18,20H,3-6,11-13H2,1-2H3. The molecule has 0 aromatic heterocycles. The summed E-state index contributed by atoms with van der Waals surface area (Å²) in [7, 11) is 0. The monoisotopic (exact) mass is 276 g/mol. The van der Waals surface area contributed by atoms with E-state index in [2.05, 4.69) is 48.3 Å². The molecule has 2 rings (SSSR count). The van der Waals surface area contributed by atoms with Crippen molar-refractivity contribution in [2.75, 3.05) is 24.6 Å². The predicted molar refractivity (Wildman–Crippen MR) is 85.2 cm³/mol. The smallest absolute Gasteiger partial charge is 0.0635 e. The van der Waals surface area contributed by atoms with Crippen LogP contribution >= 0.6 is 0 Å². The lowest BCUT2D eigenvalue weighted by Gasteiger charge is -2.26. The molecule has 2 unspecified atom stereocenters. The number of nitrogens with one attached hydrogen (secondary N) is 1. The fraction of sp³-hybridized carbons (Fsp3) is 0.647. The number of benzene rings is 1. The van der Waals surface area contributed by atoms with Gasteiger partial charge in [0.15, 0.2) is 0 Å². The van der Waals surface area contributed by atoms with Crippen molar-refractivity contribution in [1.82, 2.24) is 5.32 Å². The van der Waals surface area contributed by atoms with E-state index in [1.54, 1.807) is 0 Å². The van der Waals surface area contributed by atoms with Gasteiger partial charge in [0.25, 0.3) is 0 Å². The molecule has 3 heteroatoms. The van der Waals surface area contributed by atoms with E-state index in [9.17, 15) is 5.11 Å². The Labute approximate surface area is 123 Å². The highest BCUT2D eigenvalue weighted by Crippen LogP contribution is 2.27. The van der Waals surface area contributed by atoms with Gasteiger partial charge >= 0.3 is 0 Å². The van der Waals surface area contributed by atoms with Gasteiger partial charge < -0.3 is 15.3 Å². The van der Waals surface area contributed by atoms with Crippen molar-refractivity contribution in [2.45, 2.75) is 51.6 Å². The molecule has 0 bridgehead atoms. The fourth-order valence-corrected chi connectivity index (χ4v) is 3.08. The minimum atomic E-state index is 0.261. The summed E-state index contributed by atoms with van der Waals surface area (Å²) in [4.78, 5) is 2.34.